The van der Waals surface area contributed by atoms with Gasteiger partial charge >= 0.3 is 12.1 Å². The third-order valence-electron chi connectivity index (χ3n) is 6.84. The van der Waals surface area contributed by atoms with Gasteiger partial charge in [-0.05, 0) is 46.9 Å². The molecule has 2 unspecified atom stereocenters. The van der Waals surface area contributed by atoms with E-state index in [1.54, 1.807) is 0 Å². The van der Waals surface area contributed by atoms with Gasteiger partial charge in [0.05, 0.1) is 6.42 Å². The van der Waals surface area contributed by atoms with Gasteiger partial charge in [-0.25, -0.2) is 4.79 Å². The lowest BCUT2D eigenvalue weighted by Gasteiger charge is -2.23. The molecule has 1 fully saturated rings. The molecule has 0 aliphatic heterocycles. The van der Waals surface area contributed by atoms with Gasteiger partial charge in [-0.2, -0.15) is 0 Å². The molecule has 0 bridgehead atoms. The molecule has 34 heavy (non-hydrogen) atoms. The van der Waals surface area contributed by atoms with Gasteiger partial charge < -0.3 is 20.5 Å². The third kappa shape index (κ3) is 5.41. The number of ether oxygens (including phenoxy) is 1. The summed E-state index contributed by atoms with van der Waals surface area (Å²) in [7, 11) is 0. The lowest BCUT2D eigenvalue weighted by molar-refractivity contribution is -0.139. The largest absolute Gasteiger partial charge is 0.481 e. The van der Waals surface area contributed by atoms with Crippen molar-refractivity contribution < 1.29 is 24.2 Å². The van der Waals surface area contributed by atoms with Crippen LogP contribution in [0.3, 0.4) is 0 Å². The topological polar surface area (TPSA) is 105 Å². The lowest BCUT2D eigenvalue weighted by atomic mass is 9.89. The number of hydrogen-bond acceptors (Lipinski definition) is 4. The van der Waals surface area contributed by atoms with Crippen LogP contribution in [0.25, 0.3) is 11.1 Å². The predicted octanol–water partition coefficient (Wildman–Crippen LogP) is 4.31. The molecule has 0 saturated heterocycles. The number of aliphatic carboxylic acids is 1. The molecule has 2 atom stereocenters. The van der Waals surface area contributed by atoms with Crippen LogP contribution in [-0.4, -0.2) is 42.3 Å². The van der Waals surface area contributed by atoms with Crippen molar-refractivity contribution in [3.63, 3.8) is 0 Å². The van der Waals surface area contributed by atoms with E-state index in [1.807, 2.05) is 38.1 Å². The van der Waals surface area contributed by atoms with Crippen LogP contribution in [0.5, 0.6) is 0 Å². The number of nitrogens with one attached hydrogen (secondary N) is 2. The van der Waals surface area contributed by atoms with Crippen molar-refractivity contribution in [3.05, 3.63) is 59.7 Å². The number of hydrogen-bond donors (Lipinski definition) is 3. The van der Waals surface area contributed by atoms with E-state index in [0.29, 0.717) is 25.8 Å². The van der Waals surface area contributed by atoms with Crippen molar-refractivity contribution in [1.29, 1.82) is 0 Å². The van der Waals surface area contributed by atoms with Crippen LogP contribution in [0.15, 0.2) is 48.5 Å². The molecule has 4 rings (SSSR count). The molecule has 2 aliphatic carbocycles. The van der Waals surface area contributed by atoms with Gasteiger partial charge in [0, 0.05) is 24.4 Å². The van der Waals surface area contributed by atoms with Crippen LogP contribution in [0.1, 0.15) is 56.6 Å². The molecule has 0 spiro atoms. The molecule has 3 N–H and O–H groups in total. The molecule has 7 nitrogen and oxygen atoms in total. The number of carboxylic acids is 1. The second-order valence-corrected chi connectivity index (χ2v) is 10.1. The predicted molar refractivity (Wildman–Crippen MR) is 128 cm³/mol. The molecule has 180 valence electrons. The van der Waals surface area contributed by atoms with Gasteiger partial charge in [-0.15, -0.1) is 0 Å². The Morgan fingerprint density at radius 2 is 1.62 bits per heavy atom. The van der Waals surface area contributed by atoms with Crippen molar-refractivity contribution in [2.45, 2.75) is 51.5 Å². The quantitative estimate of drug-likeness (QED) is 0.540. The van der Waals surface area contributed by atoms with E-state index in [2.05, 4.69) is 34.9 Å². The summed E-state index contributed by atoms with van der Waals surface area (Å²) >= 11 is 0. The van der Waals surface area contributed by atoms with Crippen molar-refractivity contribution in [2.24, 2.45) is 11.3 Å². The Labute approximate surface area is 199 Å². The highest BCUT2D eigenvalue weighted by Crippen LogP contribution is 2.44. The van der Waals surface area contributed by atoms with E-state index >= 15 is 0 Å². The summed E-state index contributed by atoms with van der Waals surface area (Å²) in [6, 6.07) is 16.3. The van der Waals surface area contributed by atoms with E-state index in [1.165, 1.54) is 22.3 Å². The van der Waals surface area contributed by atoms with Gasteiger partial charge in [0.2, 0.25) is 5.91 Å². The van der Waals surface area contributed by atoms with Crippen LogP contribution in [0.4, 0.5) is 4.79 Å². The minimum atomic E-state index is -0.882. The molecule has 2 aromatic carbocycles. The van der Waals surface area contributed by atoms with Crippen LogP contribution in [-0.2, 0) is 14.3 Å². The molecule has 2 amide bonds. The van der Waals surface area contributed by atoms with Gasteiger partial charge in [-0.3, -0.25) is 9.59 Å². The Bertz CT molecular complexity index is 1030. The summed E-state index contributed by atoms with van der Waals surface area (Å²) in [5.41, 5.74) is 4.19. The average molecular weight is 465 g/mol. The summed E-state index contributed by atoms with van der Waals surface area (Å²) in [5, 5.41) is 14.8. The first-order valence-electron chi connectivity index (χ1n) is 11.8. The highest BCUT2D eigenvalue weighted by Gasteiger charge is 2.33. The maximum Gasteiger partial charge on any atom is 0.407 e. The van der Waals surface area contributed by atoms with Gasteiger partial charge in [-0.1, -0.05) is 62.4 Å². The maximum atomic E-state index is 12.5. The first-order chi connectivity index (χ1) is 16.2. The summed E-state index contributed by atoms with van der Waals surface area (Å²) in [6.07, 6.45) is 1.47. The second-order valence-electron chi connectivity index (χ2n) is 10.1. The Balaban J connectivity index is 1.26. The highest BCUT2D eigenvalue weighted by atomic mass is 16.5. The number of carbonyl (C=O) groups excluding carboxylic acids is 2. The molecule has 2 aliphatic rings. The zero-order chi connectivity index (χ0) is 24.3. The van der Waals surface area contributed by atoms with Crippen molar-refractivity contribution in [1.82, 2.24) is 10.6 Å². The van der Waals surface area contributed by atoms with E-state index in [4.69, 9.17) is 9.84 Å². The van der Waals surface area contributed by atoms with Crippen molar-refractivity contribution >= 4 is 18.0 Å². The van der Waals surface area contributed by atoms with E-state index in [0.717, 1.165) is 0 Å². The first-order valence-corrected chi connectivity index (χ1v) is 11.8. The minimum Gasteiger partial charge on any atom is -0.481 e. The van der Waals surface area contributed by atoms with Crippen molar-refractivity contribution in [3.8, 4) is 11.1 Å². The molecule has 2 aromatic rings. The minimum absolute atomic E-state index is 0.00871. The van der Waals surface area contributed by atoms with Crippen LogP contribution < -0.4 is 10.6 Å². The Morgan fingerprint density at radius 1 is 1.00 bits per heavy atom. The van der Waals surface area contributed by atoms with E-state index in [9.17, 15) is 14.4 Å². The number of carbonyl (C=O) groups is 3. The monoisotopic (exact) mass is 464 g/mol. The maximum absolute atomic E-state index is 12.5. The molecule has 0 aromatic heterocycles. The van der Waals surface area contributed by atoms with Gasteiger partial charge in [0.15, 0.2) is 0 Å². The number of fused-ring (bicyclic) bond motifs is 3. The average Bonchev–Trinajstić information content (AvgIpc) is 3.38. The Hall–Kier alpha value is -3.35. The van der Waals surface area contributed by atoms with Crippen LogP contribution >= 0.6 is 0 Å². The fraction of sp³-hybridized carbons (Fsp3) is 0.444. The highest BCUT2D eigenvalue weighted by molar-refractivity contribution is 5.80. The molecule has 0 radical (unpaired) electrons. The lowest BCUT2D eigenvalue weighted by Crippen LogP contribution is -2.39. The van der Waals surface area contributed by atoms with Gasteiger partial charge in [0.25, 0.3) is 0 Å². The zero-order valence-corrected chi connectivity index (χ0v) is 19.7. The fourth-order valence-electron chi connectivity index (χ4n) is 5.10. The normalized spacial score (nSPS) is 19.2. The number of amides is 2. The SMILES string of the molecule is CC(C)(CNC(=O)C1CCC(NC(=O)OCC2c3ccccc3-c3ccccc32)C1)CC(=O)O. The summed E-state index contributed by atoms with van der Waals surface area (Å²) in [5.74, 6) is -1.16. The van der Waals surface area contributed by atoms with E-state index < -0.39 is 17.5 Å². The first kappa shape index (κ1) is 23.8. The number of rotatable bonds is 8. The molecule has 0 heterocycles. The smallest absolute Gasteiger partial charge is 0.407 e. The summed E-state index contributed by atoms with van der Waals surface area (Å²) in [6.45, 7) is 4.20. The van der Waals surface area contributed by atoms with Crippen LogP contribution in [0.2, 0.25) is 0 Å². The zero-order valence-electron chi connectivity index (χ0n) is 19.7. The molecule has 1 saturated carbocycles. The Kier molecular flexibility index (Phi) is 6.91. The second kappa shape index (κ2) is 9.87. The molecular weight excluding hydrogens is 432 g/mol. The van der Waals surface area contributed by atoms with Crippen LogP contribution in [0, 0.1) is 11.3 Å². The summed E-state index contributed by atoms with van der Waals surface area (Å²) < 4.78 is 5.62. The van der Waals surface area contributed by atoms with E-state index in [-0.39, 0.29) is 36.8 Å². The number of benzene rings is 2. The standard InChI is InChI=1S/C27H32N2O5/c1-27(2,14-24(30)31)16-28-25(32)17-11-12-18(13-17)29-26(33)34-15-23-21-9-5-3-7-19(21)20-8-4-6-10-22(20)23/h3-10,17-18,23H,11-16H2,1-2H3,(H,28,32)(H,29,33)(H,30,31). The number of carboxylic acid groups (broad SMARTS) is 1. The molecule has 7 heteroatoms. The molecular formula is C27H32N2O5. The number of alkyl carbamates (subject to hydrolysis) is 1. The summed E-state index contributed by atoms with van der Waals surface area (Å²) in [4.78, 5) is 36.0. The Morgan fingerprint density at radius 3 is 2.24 bits per heavy atom. The third-order valence-corrected chi connectivity index (χ3v) is 6.84. The van der Waals surface area contributed by atoms with Gasteiger partial charge in [0.1, 0.15) is 6.61 Å². The fourth-order valence-corrected chi connectivity index (χ4v) is 5.10. The van der Waals surface area contributed by atoms with Crippen molar-refractivity contribution in [2.75, 3.05) is 13.2 Å².